The molecule has 8 nitrogen and oxygen atoms in total. The van der Waals surface area contributed by atoms with Crippen molar-refractivity contribution in [3.63, 3.8) is 0 Å². The number of halogens is 3. The third-order valence-corrected chi connectivity index (χ3v) is 8.36. The minimum absolute atomic E-state index is 0.0436. The molecule has 1 N–H and O–H groups in total. The molecule has 0 aliphatic carbocycles. The van der Waals surface area contributed by atoms with E-state index < -0.39 is 6.09 Å². The summed E-state index contributed by atoms with van der Waals surface area (Å²) in [6.45, 7) is 6.42. The number of nitrogens with one attached hydrogen (secondary N) is 1. The summed E-state index contributed by atoms with van der Waals surface area (Å²) in [7, 11) is 0. The lowest BCUT2D eigenvalue weighted by atomic mass is 10.0. The number of piperidine rings is 1. The van der Waals surface area contributed by atoms with Crippen molar-refractivity contribution >= 4 is 52.2 Å². The van der Waals surface area contributed by atoms with E-state index in [1.807, 2.05) is 12.1 Å². The molecule has 0 saturated carbocycles. The fourth-order valence-corrected chi connectivity index (χ4v) is 6.03. The van der Waals surface area contributed by atoms with Crippen LogP contribution in [0.4, 0.5) is 4.79 Å². The van der Waals surface area contributed by atoms with Gasteiger partial charge in [0.1, 0.15) is 11.5 Å². The maximum atomic E-state index is 12.9. The quantitative estimate of drug-likeness (QED) is 0.243. The van der Waals surface area contributed by atoms with Gasteiger partial charge in [0.15, 0.2) is 5.76 Å². The van der Waals surface area contributed by atoms with Crippen LogP contribution in [0.3, 0.4) is 0 Å². The minimum atomic E-state index is -0.542. The molecule has 4 heterocycles. The Hall–Kier alpha value is -2.56. The van der Waals surface area contributed by atoms with E-state index in [9.17, 15) is 4.79 Å². The van der Waals surface area contributed by atoms with Crippen molar-refractivity contribution < 1.29 is 14.1 Å². The summed E-state index contributed by atoms with van der Waals surface area (Å²) < 4.78 is 13.7. The molecule has 5 rings (SSSR count). The third kappa shape index (κ3) is 6.02. The maximum Gasteiger partial charge on any atom is 0.414 e. The number of hydrogen-bond donors (Lipinski definition) is 1. The normalized spacial score (nSPS) is 14.8. The van der Waals surface area contributed by atoms with E-state index in [1.165, 1.54) is 17.5 Å². The molecule has 0 unspecified atom stereocenters. The highest BCUT2D eigenvalue weighted by atomic mass is 35.5. The van der Waals surface area contributed by atoms with Crippen molar-refractivity contribution in [1.82, 2.24) is 24.9 Å². The largest absolute Gasteiger partial charge is 0.414 e. The first-order valence-corrected chi connectivity index (χ1v) is 14.2. The molecule has 0 spiro atoms. The van der Waals surface area contributed by atoms with Gasteiger partial charge in [-0.15, -0.1) is 11.3 Å². The SMILES string of the molecule is CC(C)N1CCC(NC(=O)Oc2cnc(-c3c(Cl)cccc3Cl)n2Cc2cc(-c3ccc(Cl)s3)on2)CC1. The highest BCUT2D eigenvalue weighted by molar-refractivity contribution is 7.19. The maximum absolute atomic E-state index is 12.9. The van der Waals surface area contributed by atoms with E-state index in [1.54, 1.807) is 28.8 Å². The van der Waals surface area contributed by atoms with E-state index in [0.29, 0.717) is 43.3 Å². The van der Waals surface area contributed by atoms with Crippen LogP contribution in [0.15, 0.2) is 47.1 Å². The van der Waals surface area contributed by atoms with Crippen molar-refractivity contribution in [2.45, 2.75) is 45.3 Å². The fraction of sp³-hybridized carbons (Fsp3) is 0.346. The van der Waals surface area contributed by atoms with Crippen LogP contribution in [0.5, 0.6) is 5.88 Å². The lowest BCUT2D eigenvalue weighted by molar-refractivity contribution is 0.151. The third-order valence-electron chi connectivity index (χ3n) is 6.48. The topological polar surface area (TPSA) is 85.4 Å². The summed E-state index contributed by atoms with van der Waals surface area (Å²) in [5, 5.41) is 8.04. The Morgan fingerprint density at radius 1 is 1.18 bits per heavy atom. The molecule has 1 aliphatic rings. The van der Waals surface area contributed by atoms with Crippen molar-refractivity contribution in [2.75, 3.05) is 13.1 Å². The van der Waals surface area contributed by atoms with Crippen LogP contribution < -0.4 is 10.1 Å². The first-order valence-electron chi connectivity index (χ1n) is 12.2. The van der Waals surface area contributed by atoms with Gasteiger partial charge >= 0.3 is 6.09 Å². The molecule has 1 saturated heterocycles. The zero-order chi connectivity index (χ0) is 26.8. The molecule has 1 amide bonds. The molecule has 38 heavy (non-hydrogen) atoms. The highest BCUT2D eigenvalue weighted by Gasteiger charge is 2.25. The summed E-state index contributed by atoms with van der Waals surface area (Å²) in [4.78, 5) is 20.6. The number of rotatable bonds is 7. The second kappa shape index (κ2) is 11.7. The Kier molecular flexibility index (Phi) is 8.30. The Morgan fingerprint density at radius 3 is 2.58 bits per heavy atom. The van der Waals surface area contributed by atoms with Crippen LogP contribution in [-0.4, -0.2) is 50.9 Å². The monoisotopic (exact) mass is 593 g/mol. The van der Waals surface area contributed by atoms with Gasteiger partial charge in [-0.05, 0) is 51.0 Å². The summed E-state index contributed by atoms with van der Waals surface area (Å²) in [6.07, 6.45) is 2.67. The van der Waals surface area contributed by atoms with Gasteiger partial charge in [-0.1, -0.05) is 46.0 Å². The van der Waals surface area contributed by atoms with Crippen molar-refractivity contribution in [3.8, 4) is 27.9 Å². The van der Waals surface area contributed by atoms with Crippen LogP contribution in [-0.2, 0) is 6.54 Å². The first-order chi connectivity index (χ1) is 18.3. The van der Waals surface area contributed by atoms with Crippen LogP contribution in [0.1, 0.15) is 32.4 Å². The average molecular weight is 595 g/mol. The van der Waals surface area contributed by atoms with Crippen molar-refractivity contribution in [3.05, 3.63) is 62.7 Å². The van der Waals surface area contributed by atoms with Crippen LogP contribution in [0, 0.1) is 0 Å². The smallest absolute Gasteiger partial charge is 0.391 e. The van der Waals surface area contributed by atoms with Crippen LogP contribution in [0.25, 0.3) is 22.0 Å². The lowest BCUT2D eigenvalue weighted by Crippen LogP contribution is -2.47. The van der Waals surface area contributed by atoms with Gasteiger partial charge < -0.3 is 19.5 Å². The number of ether oxygens (including phenoxy) is 1. The number of thiophene rings is 1. The van der Waals surface area contributed by atoms with Gasteiger partial charge in [0.2, 0.25) is 5.88 Å². The molecule has 1 fully saturated rings. The Balaban J connectivity index is 1.39. The lowest BCUT2D eigenvalue weighted by Gasteiger charge is -2.34. The van der Waals surface area contributed by atoms with Crippen LogP contribution >= 0.6 is 46.1 Å². The van der Waals surface area contributed by atoms with Gasteiger partial charge in [0.05, 0.1) is 37.6 Å². The number of imidazole rings is 1. The fourth-order valence-electron chi connectivity index (χ4n) is 4.47. The Morgan fingerprint density at radius 2 is 1.92 bits per heavy atom. The van der Waals surface area contributed by atoms with E-state index in [4.69, 9.17) is 44.1 Å². The molecule has 200 valence electrons. The summed E-state index contributed by atoms with van der Waals surface area (Å²) >= 11 is 20.5. The zero-order valence-corrected chi connectivity index (χ0v) is 23.9. The average Bonchev–Trinajstić information content (AvgIpc) is 3.61. The summed E-state index contributed by atoms with van der Waals surface area (Å²) in [5.74, 6) is 1.26. The van der Waals surface area contributed by atoms with E-state index in [-0.39, 0.29) is 18.5 Å². The molecule has 1 aromatic carbocycles. The summed E-state index contributed by atoms with van der Waals surface area (Å²) in [6, 6.07) is 11.2. The predicted octanol–water partition coefficient (Wildman–Crippen LogP) is 7.24. The second-order valence-electron chi connectivity index (χ2n) is 9.33. The van der Waals surface area contributed by atoms with E-state index >= 15 is 0 Å². The zero-order valence-electron chi connectivity index (χ0n) is 20.8. The van der Waals surface area contributed by atoms with Crippen molar-refractivity contribution in [2.24, 2.45) is 0 Å². The number of likely N-dealkylation sites (tertiary alicyclic amines) is 1. The highest BCUT2D eigenvalue weighted by Crippen LogP contribution is 2.37. The van der Waals surface area contributed by atoms with Gasteiger partial charge in [-0.2, -0.15) is 0 Å². The molecule has 0 bridgehead atoms. The number of amides is 1. The number of nitrogens with zero attached hydrogens (tertiary/aromatic N) is 4. The van der Waals surface area contributed by atoms with Crippen molar-refractivity contribution in [1.29, 1.82) is 0 Å². The molecule has 0 atom stereocenters. The van der Waals surface area contributed by atoms with E-state index in [0.717, 1.165) is 30.8 Å². The Bertz CT molecular complexity index is 1400. The molecule has 0 radical (unpaired) electrons. The van der Waals surface area contributed by atoms with Gasteiger partial charge in [0, 0.05) is 31.2 Å². The number of benzene rings is 1. The molecule has 4 aromatic rings. The summed E-state index contributed by atoms with van der Waals surface area (Å²) in [5.41, 5.74) is 1.12. The molecule has 3 aromatic heterocycles. The molecular weight excluding hydrogens is 569 g/mol. The molecule has 1 aliphatic heterocycles. The van der Waals surface area contributed by atoms with Crippen LogP contribution in [0.2, 0.25) is 14.4 Å². The standard InChI is InChI=1S/C26H26Cl3N5O3S/c1-15(2)33-10-8-16(9-11-33)31-26(35)36-23-13-30-25(24-18(27)4-3-5-19(24)28)34(23)14-17-12-20(37-32-17)21-6-7-22(29)38-21/h3-7,12-13,15-16H,8-11,14H2,1-2H3,(H,31,35). The predicted molar refractivity (Wildman–Crippen MR) is 151 cm³/mol. The Labute approximate surface area is 239 Å². The van der Waals surface area contributed by atoms with Gasteiger partial charge in [-0.25, -0.2) is 9.78 Å². The number of carbonyl (C=O) groups excluding carboxylic acids is 1. The van der Waals surface area contributed by atoms with Gasteiger partial charge in [-0.3, -0.25) is 4.57 Å². The molecular formula is C26H26Cl3N5O3S. The van der Waals surface area contributed by atoms with E-state index in [2.05, 4.69) is 34.2 Å². The number of carbonyl (C=O) groups is 1. The second-order valence-corrected chi connectivity index (χ2v) is 11.9. The number of hydrogen-bond acceptors (Lipinski definition) is 7. The molecule has 12 heteroatoms. The number of aromatic nitrogens is 3. The van der Waals surface area contributed by atoms with Gasteiger partial charge in [0.25, 0.3) is 0 Å². The first kappa shape index (κ1) is 27.0. The minimum Gasteiger partial charge on any atom is -0.391 e.